The molecule has 2 aromatic heterocycles. The maximum atomic E-state index is 9.02. The fourth-order valence-electron chi connectivity index (χ4n) is 2.98. The molecular formula is C21H20ClN3O. The summed E-state index contributed by atoms with van der Waals surface area (Å²) in [6, 6.07) is 13.8. The number of pyridine rings is 1. The zero-order valence-corrected chi connectivity index (χ0v) is 15.2. The molecule has 132 valence electrons. The Kier molecular flexibility index (Phi) is 4.96. The third kappa shape index (κ3) is 4.09. The van der Waals surface area contributed by atoms with Gasteiger partial charge in [0.1, 0.15) is 0 Å². The molecule has 1 aliphatic carbocycles. The van der Waals surface area contributed by atoms with E-state index in [4.69, 9.17) is 26.7 Å². The maximum Gasteiger partial charge on any atom is 0.159 e. The molecule has 0 bridgehead atoms. The molecule has 2 heterocycles. The summed E-state index contributed by atoms with van der Waals surface area (Å²) in [5, 5.41) is 9.70. The van der Waals surface area contributed by atoms with Crippen molar-refractivity contribution in [2.24, 2.45) is 0 Å². The van der Waals surface area contributed by atoms with Gasteiger partial charge in [0.25, 0.3) is 0 Å². The number of hydrogen-bond acceptors (Lipinski definition) is 4. The lowest BCUT2D eigenvalue weighted by Gasteiger charge is -2.09. The van der Waals surface area contributed by atoms with Gasteiger partial charge in [-0.25, -0.2) is 9.97 Å². The summed E-state index contributed by atoms with van der Waals surface area (Å²) >= 11 is 6.14. The highest BCUT2D eigenvalue weighted by Gasteiger charge is 2.26. The van der Waals surface area contributed by atoms with E-state index in [0.29, 0.717) is 23.8 Å². The predicted octanol–water partition coefficient (Wildman–Crippen LogP) is 4.20. The minimum atomic E-state index is 0.140. The fraction of sp³-hybridized carbons (Fsp3) is 0.286. The van der Waals surface area contributed by atoms with Crippen LogP contribution in [0.5, 0.6) is 0 Å². The second-order valence-electron chi connectivity index (χ2n) is 6.70. The molecule has 4 nitrogen and oxygen atoms in total. The number of aromatic nitrogens is 3. The van der Waals surface area contributed by atoms with Crippen LogP contribution in [0, 0.1) is 0 Å². The number of hydrogen-bond donors (Lipinski definition) is 1. The van der Waals surface area contributed by atoms with Gasteiger partial charge in [-0.15, -0.1) is 0 Å². The van der Waals surface area contributed by atoms with Gasteiger partial charge in [0.15, 0.2) is 5.82 Å². The minimum Gasteiger partial charge on any atom is -0.396 e. The van der Waals surface area contributed by atoms with E-state index in [0.717, 1.165) is 34.0 Å². The molecule has 0 amide bonds. The highest BCUT2D eigenvalue weighted by atomic mass is 35.5. The van der Waals surface area contributed by atoms with E-state index in [9.17, 15) is 0 Å². The van der Waals surface area contributed by atoms with Crippen LogP contribution in [0.2, 0.25) is 5.02 Å². The van der Waals surface area contributed by atoms with Crippen LogP contribution in [0.1, 0.15) is 41.4 Å². The minimum absolute atomic E-state index is 0.140. The molecule has 26 heavy (non-hydrogen) atoms. The SMILES string of the molecule is OCCc1ccc(Cc2cc(C3CC3)nc(-c3cccc(Cl)c3)n2)nc1. The number of halogens is 1. The van der Waals surface area contributed by atoms with Gasteiger partial charge in [-0.3, -0.25) is 4.98 Å². The number of aliphatic hydroxyl groups is 1. The Bertz CT molecular complexity index is 907. The molecule has 3 aromatic rings. The first-order valence-electron chi connectivity index (χ1n) is 8.90. The van der Waals surface area contributed by atoms with Gasteiger partial charge >= 0.3 is 0 Å². The van der Waals surface area contributed by atoms with Crippen molar-refractivity contribution in [3.63, 3.8) is 0 Å². The van der Waals surface area contributed by atoms with Crippen molar-refractivity contribution in [1.29, 1.82) is 0 Å². The largest absolute Gasteiger partial charge is 0.396 e. The summed E-state index contributed by atoms with van der Waals surface area (Å²) in [6.07, 6.45) is 5.51. The van der Waals surface area contributed by atoms with E-state index < -0.39 is 0 Å². The Morgan fingerprint density at radius 3 is 2.62 bits per heavy atom. The molecule has 1 aromatic carbocycles. The van der Waals surface area contributed by atoms with Gasteiger partial charge in [-0.1, -0.05) is 29.8 Å². The van der Waals surface area contributed by atoms with E-state index in [1.54, 1.807) is 0 Å². The van der Waals surface area contributed by atoms with Crippen LogP contribution in [0.4, 0.5) is 0 Å². The molecule has 0 aliphatic heterocycles. The zero-order valence-electron chi connectivity index (χ0n) is 14.4. The maximum absolute atomic E-state index is 9.02. The van der Waals surface area contributed by atoms with Crippen molar-refractivity contribution in [3.8, 4) is 11.4 Å². The van der Waals surface area contributed by atoms with Gasteiger partial charge in [-0.05, 0) is 49.1 Å². The smallest absolute Gasteiger partial charge is 0.159 e. The Morgan fingerprint density at radius 1 is 1.04 bits per heavy atom. The summed E-state index contributed by atoms with van der Waals surface area (Å²) in [5.74, 6) is 1.28. The molecule has 0 unspecified atom stereocenters. The van der Waals surface area contributed by atoms with Crippen LogP contribution in [-0.4, -0.2) is 26.7 Å². The summed E-state index contributed by atoms with van der Waals surface area (Å²) in [7, 11) is 0. The molecule has 1 N–H and O–H groups in total. The third-order valence-electron chi connectivity index (χ3n) is 4.53. The molecule has 5 heteroatoms. The highest BCUT2D eigenvalue weighted by Crippen LogP contribution is 2.39. The molecule has 0 radical (unpaired) electrons. The number of nitrogens with zero attached hydrogens (tertiary/aromatic N) is 3. The normalized spacial score (nSPS) is 13.8. The van der Waals surface area contributed by atoms with Gasteiger partial charge < -0.3 is 5.11 Å². The Morgan fingerprint density at radius 2 is 1.92 bits per heavy atom. The third-order valence-corrected chi connectivity index (χ3v) is 4.76. The standard InChI is InChI=1S/C21H20ClN3O/c22-17-3-1-2-16(10-17)21-24-19(12-20(25-21)15-5-6-15)11-18-7-4-14(8-9-26)13-23-18/h1-4,7,10,12-13,15,26H,5-6,8-9,11H2. The van der Waals surface area contributed by atoms with Crippen LogP contribution in [0.15, 0.2) is 48.7 Å². The van der Waals surface area contributed by atoms with E-state index in [1.165, 1.54) is 12.8 Å². The van der Waals surface area contributed by atoms with Gasteiger partial charge in [0, 0.05) is 47.1 Å². The quantitative estimate of drug-likeness (QED) is 0.711. The molecule has 0 saturated heterocycles. The average Bonchev–Trinajstić information content (AvgIpc) is 3.49. The van der Waals surface area contributed by atoms with Crippen molar-refractivity contribution < 1.29 is 5.11 Å². The van der Waals surface area contributed by atoms with E-state index in [1.807, 2.05) is 42.6 Å². The first-order chi connectivity index (χ1) is 12.7. The predicted molar refractivity (Wildman–Crippen MR) is 102 cm³/mol. The van der Waals surface area contributed by atoms with Crippen LogP contribution in [-0.2, 0) is 12.8 Å². The summed E-state index contributed by atoms with van der Waals surface area (Å²) in [4.78, 5) is 14.0. The highest BCUT2D eigenvalue weighted by molar-refractivity contribution is 6.30. The van der Waals surface area contributed by atoms with Crippen LogP contribution in [0.3, 0.4) is 0 Å². The molecule has 0 spiro atoms. The first kappa shape index (κ1) is 17.1. The van der Waals surface area contributed by atoms with Gasteiger partial charge in [0.2, 0.25) is 0 Å². The number of benzene rings is 1. The summed E-state index contributed by atoms with van der Waals surface area (Å²) in [6.45, 7) is 0.140. The van der Waals surface area contributed by atoms with E-state index in [2.05, 4.69) is 11.1 Å². The first-order valence-corrected chi connectivity index (χ1v) is 9.27. The lowest BCUT2D eigenvalue weighted by molar-refractivity contribution is 0.299. The van der Waals surface area contributed by atoms with Crippen molar-refractivity contribution >= 4 is 11.6 Å². The van der Waals surface area contributed by atoms with Gasteiger partial charge in [0.05, 0.1) is 5.69 Å². The molecule has 1 aliphatic rings. The summed E-state index contributed by atoms with van der Waals surface area (Å²) < 4.78 is 0. The Labute approximate surface area is 157 Å². The Balaban J connectivity index is 1.64. The zero-order chi connectivity index (χ0) is 17.9. The Hall–Kier alpha value is -2.30. The molecule has 1 fully saturated rings. The second kappa shape index (κ2) is 7.52. The van der Waals surface area contributed by atoms with Crippen molar-refractivity contribution in [3.05, 3.63) is 76.3 Å². The van der Waals surface area contributed by atoms with Crippen molar-refractivity contribution in [2.75, 3.05) is 6.61 Å². The number of aliphatic hydroxyl groups excluding tert-OH is 1. The topological polar surface area (TPSA) is 58.9 Å². The van der Waals surface area contributed by atoms with Crippen molar-refractivity contribution in [1.82, 2.24) is 15.0 Å². The van der Waals surface area contributed by atoms with E-state index in [-0.39, 0.29) is 6.61 Å². The molecule has 0 atom stereocenters. The molecular weight excluding hydrogens is 346 g/mol. The molecule has 1 saturated carbocycles. The number of rotatable bonds is 6. The lowest BCUT2D eigenvalue weighted by atomic mass is 10.1. The van der Waals surface area contributed by atoms with Crippen molar-refractivity contribution in [2.45, 2.75) is 31.6 Å². The second-order valence-corrected chi connectivity index (χ2v) is 7.14. The fourth-order valence-corrected chi connectivity index (χ4v) is 3.17. The van der Waals surface area contributed by atoms with Crippen LogP contribution < -0.4 is 0 Å². The monoisotopic (exact) mass is 365 g/mol. The molecule has 4 rings (SSSR count). The average molecular weight is 366 g/mol. The van der Waals surface area contributed by atoms with Crippen LogP contribution >= 0.6 is 11.6 Å². The van der Waals surface area contributed by atoms with Gasteiger partial charge in [-0.2, -0.15) is 0 Å². The lowest BCUT2D eigenvalue weighted by Crippen LogP contribution is -2.02. The van der Waals surface area contributed by atoms with E-state index >= 15 is 0 Å². The van der Waals surface area contributed by atoms with Crippen LogP contribution in [0.25, 0.3) is 11.4 Å². The summed E-state index contributed by atoms with van der Waals surface area (Å²) in [5.41, 5.74) is 5.02.